The van der Waals surface area contributed by atoms with Crippen molar-refractivity contribution in [2.45, 2.75) is 6.54 Å². The van der Waals surface area contributed by atoms with Crippen LogP contribution in [-0.2, 0) is 15.8 Å². The fourth-order valence-electron chi connectivity index (χ4n) is 1.65. The monoisotopic (exact) mass is 349 g/mol. The van der Waals surface area contributed by atoms with Gasteiger partial charge in [0.05, 0.1) is 12.9 Å². The first-order valence-electron chi connectivity index (χ1n) is 5.86. The van der Waals surface area contributed by atoms with Gasteiger partial charge >= 0.3 is 7.60 Å². The summed E-state index contributed by atoms with van der Waals surface area (Å²) in [4.78, 5) is 33.2. The minimum atomic E-state index is -4.20. The first kappa shape index (κ1) is 16.6. The van der Waals surface area contributed by atoms with E-state index in [2.05, 4.69) is 19.9 Å². The van der Waals surface area contributed by atoms with Gasteiger partial charge in [0, 0.05) is 6.54 Å². The zero-order valence-corrected chi connectivity index (χ0v) is 12.8. The Bertz CT molecular complexity index is 754. The third-order valence-electron chi connectivity index (χ3n) is 2.40. The Labute approximate surface area is 129 Å². The molecule has 0 unspecified atom stereocenters. The molecule has 2 rings (SSSR count). The number of aliphatic imine (C=N–C) groups is 1. The number of hydrogen-bond donors (Lipinski definition) is 4. The van der Waals surface area contributed by atoms with Crippen LogP contribution >= 0.6 is 19.2 Å². The molecule has 0 aliphatic rings. The lowest BCUT2D eigenvalue weighted by atomic mass is 10.4. The van der Waals surface area contributed by atoms with Gasteiger partial charge in [0.15, 0.2) is 17.4 Å². The molecule has 0 saturated carbocycles. The highest BCUT2D eigenvalue weighted by atomic mass is 35.5. The van der Waals surface area contributed by atoms with E-state index in [1.807, 2.05) is 0 Å². The molecule has 22 heavy (non-hydrogen) atoms. The van der Waals surface area contributed by atoms with Gasteiger partial charge in [0.1, 0.15) is 11.9 Å². The van der Waals surface area contributed by atoms with Crippen molar-refractivity contribution in [2.75, 3.05) is 13.0 Å². The van der Waals surface area contributed by atoms with Crippen LogP contribution in [0.2, 0.25) is 5.28 Å². The van der Waals surface area contributed by atoms with Gasteiger partial charge in [-0.2, -0.15) is 15.0 Å². The molecule has 0 spiro atoms. The fourth-order valence-corrected chi connectivity index (χ4v) is 2.18. The van der Waals surface area contributed by atoms with Gasteiger partial charge in [-0.1, -0.05) is 0 Å². The number of fused-ring (bicyclic) bond motifs is 1. The molecule has 0 bridgehead atoms. The molecule has 2 aromatic rings. The molecule has 0 aromatic carbocycles. The van der Waals surface area contributed by atoms with Crippen LogP contribution in [0.5, 0.6) is 0 Å². The Hall–Kier alpha value is -1.78. The molecule has 120 valence electrons. The summed E-state index contributed by atoms with van der Waals surface area (Å²) < 4.78 is 17.2. The lowest BCUT2D eigenvalue weighted by molar-refractivity contribution is 0.149. The van der Waals surface area contributed by atoms with Gasteiger partial charge in [-0.05, 0) is 11.6 Å². The third kappa shape index (κ3) is 4.36. The number of ether oxygens (including phenoxy) is 1. The summed E-state index contributed by atoms with van der Waals surface area (Å²) in [6.07, 6.45) is 0.783. The SMILES string of the molecule is NC(N)=Nc1nc(Cl)nc2ncn(CCOCP(=O)(O)O)c12. The van der Waals surface area contributed by atoms with E-state index in [4.69, 9.17) is 37.6 Å². The predicted molar refractivity (Wildman–Crippen MR) is 78.7 cm³/mol. The smallest absolute Gasteiger partial charge is 0.350 e. The van der Waals surface area contributed by atoms with Crippen molar-refractivity contribution in [3.8, 4) is 0 Å². The molecule has 13 heteroatoms. The minimum Gasteiger partial charge on any atom is -0.370 e. The fraction of sp³-hybridized carbons (Fsp3) is 0.333. The van der Waals surface area contributed by atoms with Gasteiger partial charge in [-0.25, -0.2) is 4.98 Å². The maximum absolute atomic E-state index is 10.7. The van der Waals surface area contributed by atoms with Crippen LogP contribution in [0.3, 0.4) is 0 Å². The first-order chi connectivity index (χ1) is 10.3. The van der Waals surface area contributed by atoms with E-state index in [9.17, 15) is 4.57 Å². The van der Waals surface area contributed by atoms with Crippen LogP contribution in [0, 0.1) is 0 Å². The lowest BCUT2D eigenvalue weighted by Crippen LogP contribution is -2.22. The van der Waals surface area contributed by atoms with E-state index in [1.54, 1.807) is 4.57 Å². The van der Waals surface area contributed by atoms with Gasteiger partial charge in [-0.3, -0.25) is 4.57 Å². The summed E-state index contributed by atoms with van der Waals surface area (Å²) in [6.45, 7) is 0.287. The molecule has 0 radical (unpaired) electrons. The molecular weight excluding hydrogens is 337 g/mol. The molecule has 0 aliphatic carbocycles. The number of halogens is 1. The van der Waals surface area contributed by atoms with Gasteiger partial charge < -0.3 is 30.6 Å². The molecule has 0 fully saturated rings. The second-order valence-corrected chi connectivity index (χ2v) is 6.09. The van der Waals surface area contributed by atoms with Crippen molar-refractivity contribution in [3.63, 3.8) is 0 Å². The number of guanidine groups is 1. The number of rotatable bonds is 6. The summed E-state index contributed by atoms with van der Waals surface area (Å²) in [6, 6.07) is 0. The normalized spacial score (nSPS) is 11.8. The van der Waals surface area contributed by atoms with E-state index in [-0.39, 0.29) is 35.9 Å². The highest BCUT2D eigenvalue weighted by Crippen LogP contribution is 2.33. The van der Waals surface area contributed by atoms with Crippen LogP contribution in [0.4, 0.5) is 5.82 Å². The van der Waals surface area contributed by atoms with Crippen molar-refractivity contribution >= 4 is 42.1 Å². The second-order valence-electron chi connectivity index (χ2n) is 4.17. The van der Waals surface area contributed by atoms with Crippen molar-refractivity contribution in [3.05, 3.63) is 11.6 Å². The average Bonchev–Trinajstić information content (AvgIpc) is 2.75. The quantitative estimate of drug-likeness (QED) is 0.177. The summed E-state index contributed by atoms with van der Waals surface area (Å²) >= 11 is 5.76. The van der Waals surface area contributed by atoms with Crippen molar-refractivity contribution in [1.29, 1.82) is 0 Å². The Morgan fingerprint density at radius 1 is 1.45 bits per heavy atom. The number of nitrogens with two attached hydrogens (primary N) is 2. The number of aromatic nitrogens is 4. The van der Waals surface area contributed by atoms with Gasteiger partial charge in [-0.15, -0.1) is 0 Å². The lowest BCUT2D eigenvalue weighted by Gasteiger charge is -2.08. The van der Waals surface area contributed by atoms with Crippen LogP contribution in [0.25, 0.3) is 11.2 Å². The Morgan fingerprint density at radius 3 is 2.82 bits per heavy atom. The number of hydrogen-bond acceptors (Lipinski definition) is 6. The van der Waals surface area contributed by atoms with Crippen molar-refractivity contribution in [2.24, 2.45) is 16.5 Å². The Balaban J connectivity index is 2.24. The van der Waals surface area contributed by atoms with E-state index < -0.39 is 13.9 Å². The second kappa shape index (κ2) is 6.55. The van der Waals surface area contributed by atoms with E-state index in [0.29, 0.717) is 5.52 Å². The van der Waals surface area contributed by atoms with Gasteiger partial charge in [0.2, 0.25) is 5.28 Å². The summed E-state index contributed by atoms with van der Waals surface area (Å²) in [5, 5.41) is -0.0597. The summed E-state index contributed by atoms with van der Waals surface area (Å²) in [5.74, 6) is -0.0657. The van der Waals surface area contributed by atoms with Crippen molar-refractivity contribution < 1.29 is 19.1 Å². The van der Waals surface area contributed by atoms with Crippen LogP contribution in [0.1, 0.15) is 0 Å². The molecule has 0 atom stereocenters. The highest BCUT2D eigenvalue weighted by molar-refractivity contribution is 7.51. The zero-order valence-electron chi connectivity index (χ0n) is 11.1. The molecule has 0 amide bonds. The zero-order chi connectivity index (χ0) is 16.3. The van der Waals surface area contributed by atoms with Crippen LogP contribution < -0.4 is 11.5 Å². The standard InChI is InChI=1S/C9H13ClN7O4P/c10-8-14-6-5(7(15-8)16-9(11)12)17(3-13-6)1-2-21-4-22(18,19)20/h3H,1-2,4H2,(H2,18,19,20)(H4,11,12,14,15,16). The molecule has 11 nitrogen and oxygen atoms in total. The molecule has 2 heterocycles. The minimum absolute atomic E-state index is 0.0421. The maximum atomic E-state index is 10.7. The molecule has 0 saturated heterocycles. The van der Waals surface area contributed by atoms with E-state index in [1.165, 1.54) is 6.33 Å². The Morgan fingerprint density at radius 2 is 2.18 bits per heavy atom. The Kier molecular flexibility index (Phi) is 4.94. The maximum Gasteiger partial charge on any atom is 0.350 e. The average molecular weight is 350 g/mol. The predicted octanol–water partition coefficient (Wildman–Crippen LogP) is -0.464. The van der Waals surface area contributed by atoms with E-state index >= 15 is 0 Å². The van der Waals surface area contributed by atoms with Crippen LogP contribution in [0.15, 0.2) is 11.3 Å². The highest BCUT2D eigenvalue weighted by Gasteiger charge is 2.15. The summed E-state index contributed by atoms with van der Waals surface area (Å²) in [7, 11) is -4.20. The largest absolute Gasteiger partial charge is 0.370 e. The third-order valence-corrected chi connectivity index (χ3v) is 3.09. The molecule has 2 aromatic heterocycles. The molecule has 6 N–H and O–H groups in total. The van der Waals surface area contributed by atoms with Gasteiger partial charge in [0.25, 0.3) is 0 Å². The number of nitrogens with zero attached hydrogens (tertiary/aromatic N) is 5. The molecular formula is C9H13ClN7O4P. The molecule has 0 aliphatic heterocycles. The van der Waals surface area contributed by atoms with E-state index in [0.717, 1.165) is 0 Å². The van der Waals surface area contributed by atoms with Crippen LogP contribution in [-0.4, -0.2) is 48.2 Å². The topological polar surface area (TPSA) is 175 Å². The van der Waals surface area contributed by atoms with Crippen molar-refractivity contribution in [1.82, 2.24) is 19.5 Å². The number of imidazole rings is 1. The summed E-state index contributed by atoms with van der Waals surface area (Å²) in [5.41, 5.74) is 11.4. The first-order valence-corrected chi connectivity index (χ1v) is 8.04.